The average molecular weight is 441 g/mol. The van der Waals surface area contributed by atoms with Crippen molar-refractivity contribution in [2.24, 2.45) is 56.7 Å². The van der Waals surface area contributed by atoms with Crippen molar-refractivity contribution in [2.45, 2.75) is 99.3 Å². The highest BCUT2D eigenvalue weighted by Gasteiger charge is 2.73. The van der Waals surface area contributed by atoms with E-state index >= 15 is 0 Å². The Balaban J connectivity index is 1.58. The van der Waals surface area contributed by atoms with Gasteiger partial charge in [-0.3, -0.25) is 9.59 Å². The zero-order valence-corrected chi connectivity index (χ0v) is 21.2. The lowest BCUT2D eigenvalue weighted by molar-refractivity contribution is -0.221. The molecule has 0 amide bonds. The number of hydrogen-bond acceptors (Lipinski definition) is 2. The predicted octanol–water partition coefficient (Wildman–Crippen LogP) is 6.91. The first-order valence-electron chi connectivity index (χ1n) is 13.2. The average Bonchev–Trinajstić information content (AvgIpc) is 3.17. The maximum absolute atomic E-state index is 13.1. The van der Waals surface area contributed by atoms with Crippen LogP contribution in [0.1, 0.15) is 99.3 Å². The van der Waals surface area contributed by atoms with Gasteiger partial charge in [-0.15, -0.1) is 0 Å². The molecular formula is C29H44O3. The lowest BCUT2D eigenvalue weighted by Crippen LogP contribution is -2.64. The first-order valence-corrected chi connectivity index (χ1v) is 13.2. The lowest BCUT2D eigenvalue weighted by Gasteiger charge is -2.70. The molecule has 0 spiro atoms. The van der Waals surface area contributed by atoms with Crippen molar-refractivity contribution in [3.63, 3.8) is 0 Å². The van der Waals surface area contributed by atoms with Crippen LogP contribution in [-0.2, 0) is 9.59 Å². The molecule has 5 aliphatic rings. The number of fused-ring (bicyclic) bond motifs is 7. The first-order chi connectivity index (χ1) is 14.8. The minimum absolute atomic E-state index is 0.0896. The number of carboxylic acids is 1. The van der Waals surface area contributed by atoms with Crippen molar-refractivity contribution < 1.29 is 14.7 Å². The Bertz CT molecular complexity index is 887. The van der Waals surface area contributed by atoms with Crippen LogP contribution in [-0.4, -0.2) is 16.9 Å². The minimum Gasteiger partial charge on any atom is -0.481 e. The predicted molar refractivity (Wildman–Crippen MR) is 127 cm³/mol. The summed E-state index contributed by atoms with van der Waals surface area (Å²) < 4.78 is 0. The van der Waals surface area contributed by atoms with Crippen molar-refractivity contribution in [3.05, 3.63) is 12.2 Å². The molecule has 0 bridgehead atoms. The van der Waals surface area contributed by atoms with Gasteiger partial charge in [-0.25, -0.2) is 0 Å². The maximum Gasteiger partial charge on any atom is 0.309 e. The molecule has 5 unspecified atom stereocenters. The summed E-state index contributed by atoms with van der Waals surface area (Å²) in [7, 11) is 0. The van der Waals surface area contributed by atoms with Gasteiger partial charge in [0.05, 0.1) is 5.41 Å². The van der Waals surface area contributed by atoms with Gasteiger partial charge in [-0.2, -0.15) is 0 Å². The van der Waals surface area contributed by atoms with Gasteiger partial charge in [0.2, 0.25) is 0 Å². The fraction of sp³-hybridized carbons (Fsp3) is 0.862. The largest absolute Gasteiger partial charge is 0.481 e. The second-order valence-corrected chi connectivity index (χ2v) is 14.0. The van der Waals surface area contributed by atoms with E-state index in [-0.39, 0.29) is 27.6 Å². The summed E-state index contributed by atoms with van der Waals surface area (Å²) in [5.41, 5.74) is 0.842. The molecule has 5 fully saturated rings. The highest BCUT2D eigenvalue weighted by Crippen LogP contribution is 2.77. The number of hydrogen-bond donors (Lipinski definition) is 1. The highest BCUT2D eigenvalue weighted by molar-refractivity contribution is 5.88. The van der Waals surface area contributed by atoms with Gasteiger partial charge >= 0.3 is 5.97 Å². The highest BCUT2D eigenvalue weighted by atomic mass is 16.4. The molecule has 3 heteroatoms. The topological polar surface area (TPSA) is 54.4 Å². The van der Waals surface area contributed by atoms with E-state index in [1.165, 1.54) is 12.0 Å². The smallest absolute Gasteiger partial charge is 0.309 e. The normalized spacial score (nSPS) is 53.7. The summed E-state index contributed by atoms with van der Waals surface area (Å²) in [4.78, 5) is 25.8. The molecule has 0 aromatic rings. The lowest BCUT2D eigenvalue weighted by atomic mass is 9.34. The van der Waals surface area contributed by atoms with Crippen LogP contribution in [0.25, 0.3) is 0 Å². The van der Waals surface area contributed by atoms with Gasteiger partial charge in [0.15, 0.2) is 0 Å². The molecule has 0 aliphatic heterocycles. The summed E-state index contributed by atoms with van der Waals surface area (Å²) in [6, 6.07) is 0. The molecule has 1 N–H and O–H groups in total. The van der Waals surface area contributed by atoms with Crippen LogP contribution < -0.4 is 0 Å². The number of Topliss-reactive ketones (excluding diaryl/α,β-unsaturated/α-hetero) is 1. The number of rotatable bonds is 2. The molecule has 178 valence electrons. The molecule has 5 saturated carbocycles. The zero-order chi connectivity index (χ0) is 23.5. The van der Waals surface area contributed by atoms with E-state index in [1.54, 1.807) is 0 Å². The fourth-order valence-electron chi connectivity index (χ4n) is 11.1. The second-order valence-electron chi connectivity index (χ2n) is 14.0. The van der Waals surface area contributed by atoms with E-state index in [2.05, 4.69) is 48.1 Å². The SMILES string of the molecule is C=C(C)C1CCC2(C(=O)O)CCC3(C)[C@H](CC[C@@H]4[C@@]5(C)CC(=O)C(C)(C)C5CC[C@]43C)C12. The van der Waals surface area contributed by atoms with Crippen LogP contribution in [0.3, 0.4) is 0 Å². The van der Waals surface area contributed by atoms with E-state index in [9.17, 15) is 14.7 Å². The summed E-state index contributed by atoms with van der Waals surface area (Å²) >= 11 is 0. The first kappa shape index (κ1) is 22.7. The zero-order valence-electron chi connectivity index (χ0n) is 21.2. The molecule has 0 radical (unpaired) electrons. The van der Waals surface area contributed by atoms with Crippen LogP contribution >= 0.6 is 0 Å². The van der Waals surface area contributed by atoms with Crippen molar-refractivity contribution >= 4 is 11.8 Å². The molecule has 0 saturated heterocycles. The maximum atomic E-state index is 13.1. The van der Waals surface area contributed by atoms with Crippen LogP contribution in [0.2, 0.25) is 0 Å². The summed E-state index contributed by atoms with van der Waals surface area (Å²) in [5.74, 6) is 1.96. The second kappa shape index (κ2) is 6.51. The molecule has 5 rings (SSSR count). The molecular weight excluding hydrogens is 396 g/mol. The monoisotopic (exact) mass is 440 g/mol. The number of carboxylic acid groups (broad SMARTS) is 1. The van der Waals surface area contributed by atoms with Gasteiger partial charge in [0.25, 0.3) is 0 Å². The Morgan fingerprint density at radius 3 is 2.22 bits per heavy atom. The quantitative estimate of drug-likeness (QED) is 0.475. The van der Waals surface area contributed by atoms with Gasteiger partial charge in [-0.1, -0.05) is 46.8 Å². The summed E-state index contributed by atoms with van der Waals surface area (Å²) in [5, 5.41) is 10.5. The molecule has 0 heterocycles. The van der Waals surface area contributed by atoms with E-state index < -0.39 is 11.4 Å². The molecule has 9 atom stereocenters. The van der Waals surface area contributed by atoms with Crippen molar-refractivity contribution in [2.75, 3.05) is 0 Å². The van der Waals surface area contributed by atoms with Crippen LogP contribution in [0, 0.1) is 56.7 Å². The van der Waals surface area contributed by atoms with Crippen molar-refractivity contribution in [3.8, 4) is 0 Å². The number of aliphatic carboxylic acids is 1. The Kier molecular flexibility index (Phi) is 4.61. The van der Waals surface area contributed by atoms with Gasteiger partial charge < -0.3 is 5.11 Å². The van der Waals surface area contributed by atoms with E-state index in [4.69, 9.17) is 0 Å². The minimum atomic E-state index is -0.556. The summed E-state index contributed by atoms with van der Waals surface area (Å²) in [6.45, 7) is 18.3. The van der Waals surface area contributed by atoms with E-state index in [0.29, 0.717) is 29.5 Å². The molecule has 0 aromatic carbocycles. The van der Waals surface area contributed by atoms with Crippen molar-refractivity contribution in [1.29, 1.82) is 0 Å². The van der Waals surface area contributed by atoms with Crippen LogP contribution in [0.15, 0.2) is 12.2 Å². The Hall–Kier alpha value is -1.12. The standard InChI is InChI=1S/C29H44O3/c1-17(2)18-10-13-29(24(31)32)15-14-27(6)19(23(18)29)8-9-21-26(5)16-22(30)25(3,4)20(26)11-12-28(21,27)7/h18-21,23H,1,8-16H2,2-7H3,(H,31,32)/t18?,19-,20?,21-,23?,26+,27?,28-,29?/m1/s1. The third-order valence-electron chi connectivity index (χ3n) is 12.9. The molecule has 32 heavy (non-hydrogen) atoms. The Morgan fingerprint density at radius 2 is 1.59 bits per heavy atom. The third kappa shape index (κ3) is 2.39. The van der Waals surface area contributed by atoms with E-state index in [0.717, 1.165) is 51.4 Å². The van der Waals surface area contributed by atoms with Gasteiger partial charge in [-0.05, 0) is 104 Å². The van der Waals surface area contributed by atoms with Crippen molar-refractivity contribution in [1.82, 2.24) is 0 Å². The Labute approximate surface area is 194 Å². The molecule has 5 aliphatic carbocycles. The van der Waals surface area contributed by atoms with Crippen LogP contribution in [0.5, 0.6) is 0 Å². The number of carbonyl (C=O) groups excluding carboxylic acids is 1. The number of allylic oxidation sites excluding steroid dienone is 1. The van der Waals surface area contributed by atoms with Gasteiger partial charge in [0.1, 0.15) is 5.78 Å². The van der Waals surface area contributed by atoms with Gasteiger partial charge in [0, 0.05) is 11.8 Å². The summed E-state index contributed by atoms with van der Waals surface area (Å²) in [6.07, 6.45) is 8.99. The number of ketones is 1. The van der Waals surface area contributed by atoms with E-state index in [1.807, 2.05) is 0 Å². The third-order valence-corrected chi connectivity index (χ3v) is 12.9. The Morgan fingerprint density at radius 1 is 0.906 bits per heavy atom. The van der Waals surface area contributed by atoms with Crippen LogP contribution in [0.4, 0.5) is 0 Å². The fourth-order valence-corrected chi connectivity index (χ4v) is 11.1. The molecule has 3 nitrogen and oxygen atoms in total. The number of carbonyl (C=O) groups is 2. The molecule has 0 aromatic heterocycles.